The van der Waals surface area contributed by atoms with Crippen LogP contribution in [0.5, 0.6) is 0 Å². The number of hydrogen-bond acceptors (Lipinski definition) is 3. The predicted molar refractivity (Wildman–Crippen MR) is 119 cm³/mol. The Kier molecular flexibility index (Phi) is 6.56. The van der Waals surface area contributed by atoms with Gasteiger partial charge in [0.25, 0.3) is 0 Å². The molecule has 0 saturated carbocycles. The molecule has 2 saturated heterocycles. The van der Waals surface area contributed by atoms with Gasteiger partial charge in [0.1, 0.15) is 0 Å². The number of benzene rings is 2. The Labute approximate surface area is 183 Å². The highest BCUT2D eigenvalue weighted by Gasteiger charge is 2.29. The van der Waals surface area contributed by atoms with Crippen molar-refractivity contribution in [2.45, 2.75) is 45.7 Å². The van der Waals surface area contributed by atoms with E-state index in [2.05, 4.69) is 41.8 Å². The predicted octanol–water partition coefficient (Wildman–Crippen LogP) is 4.28. The second-order valence-electron chi connectivity index (χ2n) is 8.79. The fourth-order valence-electron chi connectivity index (χ4n) is 4.82. The van der Waals surface area contributed by atoms with Crippen molar-refractivity contribution in [2.24, 2.45) is 0 Å². The lowest BCUT2D eigenvalue weighted by Gasteiger charge is -2.40. The number of nitrogens with zero attached hydrogens (tertiary/aromatic N) is 3. The van der Waals surface area contributed by atoms with Gasteiger partial charge < -0.3 is 9.80 Å². The van der Waals surface area contributed by atoms with Crippen molar-refractivity contribution in [2.75, 3.05) is 37.6 Å². The molecule has 2 aliphatic heterocycles. The summed E-state index contributed by atoms with van der Waals surface area (Å²) in [4.78, 5) is 19.4. The van der Waals surface area contributed by atoms with Crippen LogP contribution in [0, 0.1) is 25.5 Å². The fourth-order valence-corrected chi connectivity index (χ4v) is 4.82. The Morgan fingerprint density at radius 2 is 1.71 bits per heavy atom. The summed E-state index contributed by atoms with van der Waals surface area (Å²) in [7, 11) is 0. The number of aryl methyl sites for hydroxylation is 1. The Hall–Kier alpha value is -2.47. The number of carbonyl (C=O) groups is 1. The van der Waals surface area contributed by atoms with Crippen LogP contribution in [0.3, 0.4) is 0 Å². The summed E-state index contributed by atoms with van der Waals surface area (Å²) in [6.45, 7) is 9.31. The summed E-state index contributed by atoms with van der Waals surface area (Å²) in [6.07, 6.45) is 2.28. The minimum absolute atomic E-state index is 0.0984. The maximum Gasteiger partial charge on any atom is 0.222 e. The van der Waals surface area contributed by atoms with Crippen molar-refractivity contribution >= 4 is 11.6 Å². The molecule has 0 N–H and O–H groups in total. The van der Waals surface area contributed by atoms with E-state index in [1.165, 1.54) is 22.9 Å². The molecule has 0 aliphatic carbocycles. The molecule has 2 aromatic carbocycles. The minimum Gasteiger partial charge on any atom is -0.369 e. The molecule has 2 fully saturated rings. The molecule has 1 unspecified atom stereocenters. The van der Waals surface area contributed by atoms with Gasteiger partial charge in [-0.1, -0.05) is 18.2 Å². The average molecular weight is 428 g/mol. The summed E-state index contributed by atoms with van der Waals surface area (Å²) in [5.74, 6) is -1.62. The fraction of sp³-hybridized carbons (Fsp3) is 0.480. The third-order valence-electron chi connectivity index (χ3n) is 6.88. The van der Waals surface area contributed by atoms with E-state index in [4.69, 9.17) is 0 Å². The van der Waals surface area contributed by atoms with Gasteiger partial charge >= 0.3 is 0 Å². The van der Waals surface area contributed by atoms with E-state index in [0.29, 0.717) is 31.1 Å². The second-order valence-corrected chi connectivity index (χ2v) is 8.79. The largest absolute Gasteiger partial charge is 0.369 e. The van der Waals surface area contributed by atoms with Gasteiger partial charge in [-0.25, -0.2) is 8.78 Å². The highest BCUT2D eigenvalue weighted by atomic mass is 19.2. The first kappa shape index (κ1) is 21.8. The first-order chi connectivity index (χ1) is 14.9. The van der Waals surface area contributed by atoms with E-state index in [1.807, 2.05) is 0 Å². The molecule has 166 valence electrons. The Morgan fingerprint density at radius 3 is 2.45 bits per heavy atom. The van der Waals surface area contributed by atoms with Gasteiger partial charge in [0, 0.05) is 57.4 Å². The highest BCUT2D eigenvalue weighted by molar-refractivity contribution is 5.76. The molecule has 4 rings (SSSR count). The average Bonchev–Trinajstić information content (AvgIpc) is 2.95. The number of likely N-dealkylation sites (tertiary alicyclic amines) is 1. The van der Waals surface area contributed by atoms with E-state index in [1.54, 1.807) is 11.0 Å². The van der Waals surface area contributed by atoms with Crippen LogP contribution in [0.4, 0.5) is 14.5 Å². The molecule has 0 radical (unpaired) electrons. The van der Waals surface area contributed by atoms with Crippen LogP contribution >= 0.6 is 0 Å². The number of rotatable bonds is 4. The van der Waals surface area contributed by atoms with E-state index in [0.717, 1.165) is 45.1 Å². The van der Waals surface area contributed by atoms with Gasteiger partial charge in [-0.2, -0.15) is 0 Å². The van der Waals surface area contributed by atoms with E-state index in [-0.39, 0.29) is 5.91 Å². The summed E-state index contributed by atoms with van der Waals surface area (Å²) in [5, 5.41) is 0. The van der Waals surface area contributed by atoms with Gasteiger partial charge in [-0.05, 0) is 61.6 Å². The lowest BCUT2D eigenvalue weighted by molar-refractivity contribution is -0.131. The number of carbonyl (C=O) groups excluding carboxylic acids is 1. The van der Waals surface area contributed by atoms with Crippen LogP contribution in [0.1, 0.15) is 36.0 Å². The normalized spacial score (nSPS) is 20.8. The van der Waals surface area contributed by atoms with Crippen LogP contribution in [-0.4, -0.2) is 54.5 Å². The van der Waals surface area contributed by atoms with Gasteiger partial charge in [0.15, 0.2) is 11.6 Å². The van der Waals surface area contributed by atoms with E-state index in [9.17, 15) is 13.6 Å². The zero-order valence-corrected chi connectivity index (χ0v) is 18.4. The van der Waals surface area contributed by atoms with Crippen molar-refractivity contribution < 1.29 is 13.6 Å². The monoisotopic (exact) mass is 427 g/mol. The number of piperazine rings is 1. The topological polar surface area (TPSA) is 26.8 Å². The zero-order valence-electron chi connectivity index (χ0n) is 18.4. The second kappa shape index (κ2) is 9.35. The van der Waals surface area contributed by atoms with Crippen molar-refractivity contribution in [1.82, 2.24) is 9.80 Å². The Bertz CT molecular complexity index is 940. The molecule has 2 aromatic rings. The standard InChI is InChI=1S/C25H31F2N3O/c1-18-4-3-5-24(19(18)2)29-14-12-28(13-15-29)21-7-9-25(31)30(11-10-21)17-20-6-8-22(26)23(27)16-20/h3-6,8,16,21H,7,9-15,17H2,1-2H3. The molecular weight excluding hydrogens is 396 g/mol. The summed E-state index contributed by atoms with van der Waals surface area (Å²) < 4.78 is 26.7. The molecule has 2 aliphatic rings. The molecule has 2 heterocycles. The van der Waals surface area contributed by atoms with Crippen molar-refractivity contribution in [3.05, 3.63) is 64.7 Å². The van der Waals surface area contributed by atoms with Crippen LogP contribution in [0.25, 0.3) is 0 Å². The summed E-state index contributed by atoms with van der Waals surface area (Å²) >= 11 is 0. The first-order valence-corrected chi connectivity index (χ1v) is 11.2. The maximum absolute atomic E-state index is 13.5. The number of anilines is 1. The molecule has 1 atom stereocenters. The quantitative estimate of drug-likeness (QED) is 0.729. The molecule has 31 heavy (non-hydrogen) atoms. The molecule has 4 nitrogen and oxygen atoms in total. The van der Waals surface area contributed by atoms with Crippen LogP contribution < -0.4 is 4.90 Å². The maximum atomic E-state index is 13.5. The van der Waals surface area contributed by atoms with Crippen LogP contribution in [0.2, 0.25) is 0 Å². The Morgan fingerprint density at radius 1 is 0.935 bits per heavy atom. The highest BCUT2D eigenvalue weighted by Crippen LogP contribution is 2.26. The van der Waals surface area contributed by atoms with Gasteiger partial charge in [-0.15, -0.1) is 0 Å². The zero-order chi connectivity index (χ0) is 22.0. The minimum atomic E-state index is -0.862. The third kappa shape index (κ3) is 4.90. The molecule has 0 bridgehead atoms. The van der Waals surface area contributed by atoms with E-state index >= 15 is 0 Å². The number of halogens is 2. The lowest BCUT2D eigenvalue weighted by atomic mass is 10.0. The summed E-state index contributed by atoms with van der Waals surface area (Å²) in [5.41, 5.74) is 4.63. The third-order valence-corrected chi connectivity index (χ3v) is 6.88. The first-order valence-electron chi connectivity index (χ1n) is 11.2. The van der Waals surface area contributed by atoms with Crippen molar-refractivity contribution in [3.8, 4) is 0 Å². The van der Waals surface area contributed by atoms with Crippen LogP contribution in [-0.2, 0) is 11.3 Å². The summed E-state index contributed by atoms with van der Waals surface area (Å²) in [6, 6.07) is 10.8. The number of hydrogen-bond donors (Lipinski definition) is 0. The smallest absolute Gasteiger partial charge is 0.222 e. The van der Waals surface area contributed by atoms with Crippen LogP contribution in [0.15, 0.2) is 36.4 Å². The van der Waals surface area contributed by atoms with E-state index < -0.39 is 11.6 Å². The van der Waals surface area contributed by atoms with Crippen molar-refractivity contribution in [1.29, 1.82) is 0 Å². The molecule has 6 heteroatoms. The van der Waals surface area contributed by atoms with Crippen molar-refractivity contribution in [3.63, 3.8) is 0 Å². The van der Waals surface area contributed by atoms with Gasteiger partial charge in [0.05, 0.1) is 0 Å². The number of amides is 1. The molecule has 0 spiro atoms. The van der Waals surface area contributed by atoms with Gasteiger partial charge in [-0.3, -0.25) is 9.69 Å². The molecule has 0 aromatic heterocycles. The SMILES string of the molecule is Cc1cccc(N2CCN(C3CCC(=O)N(Cc4ccc(F)c(F)c4)CC3)CC2)c1C. The van der Waals surface area contributed by atoms with Gasteiger partial charge in [0.2, 0.25) is 5.91 Å². The molecule has 1 amide bonds. The lowest BCUT2D eigenvalue weighted by Crippen LogP contribution is -2.50. The Balaban J connectivity index is 1.34. The molecular formula is C25H31F2N3O.